The number of carbonyl (C=O) groups is 1. The first-order chi connectivity index (χ1) is 10.6. The van der Waals surface area contributed by atoms with Gasteiger partial charge in [0.15, 0.2) is 0 Å². The maximum atomic E-state index is 11.9. The van der Waals surface area contributed by atoms with Crippen LogP contribution in [-0.4, -0.2) is 30.3 Å². The summed E-state index contributed by atoms with van der Waals surface area (Å²) in [5.41, 5.74) is 0.804. The summed E-state index contributed by atoms with van der Waals surface area (Å²) in [7, 11) is 3.16. The summed E-state index contributed by atoms with van der Waals surface area (Å²) < 4.78 is 10.4. The Hall–Kier alpha value is -2.41. The summed E-state index contributed by atoms with van der Waals surface area (Å²) in [5, 5.41) is 11.9. The first-order valence-electron chi connectivity index (χ1n) is 6.69. The summed E-state index contributed by atoms with van der Waals surface area (Å²) in [5.74, 6) is 1.06. The summed E-state index contributed by atoms with van der Waals surface area (Å²) in [4.78, 5) is 11.9. The highest BCUT2D eigenvalue weighted by atomic mass is 32.1. The number of benzene rings is 1. The second-order valence-electron chi connectivity index (χ2n) is 4.32. The van der Waals surface area contributed by atoms with Gasteiger partial charge in [0.2, 0.25) is 11.0 Å². The van der Waals surface area contributed by atoms with Crippen LogP contribution in [0, 0.1) is 0 Å². The minimum absolute atomic E-state index is 0.263. The zero-order valence-electron chi connectivity index (χ0n) is 12.6. The van der Waals surface area contributed by atoms with Gasteiger partial charge < -0.3 is 9.47 Å². The fraction of sp³-hybridized carbons (Fsp3) is 0.267. The number of hydrogen-bond donors (Lipinski definition) is 1. The molecule has 0 fully saturated rings. The van der Waals surface area contributed by atoms with Gasteiger partial charge in [0.05, 0.1) is 14.2 Å². The van der Waals surface area contributed by atoms with Crippen LogP contribution in [0.25, 0.3) is 6.08 Å². The van der Waals surface area contributed by atoms with E-state index in [1.165, 1.54) is 17.4 Å². The van der Waals surface area contributed by atoms with Crippen LogP contribution < -0.4 is 14.8 Å². The Bertz CT molecular complexity index is 660. The number of aromatic nitrogens is 2. The van der Waals surface area contributed by atoms with Crippen molar-refractivity contribution in [3.8, 4) is 11.5 Å². The first-order valence-corrected chi connectivity index (χ1v) is 7.50. The van der Waals surface area contributed by atoms with Crippen LogP contribution in [0.3, 0.4) is 0 Å². The van der Waals surface area contributed by atoms with Crippen LogP contribution >= 0.6 is 11.3 Å². The van der Waals surface area contributed by atoms with Crippen LogP contribution in [0.4, 0.5) is 5.13 Å². The number of ether oxygens (including phenoxy) is 2. The van der Waals surface area contributed by atoms with Crippen LogP contribution in [0.15, 0.2) is 24.3 Å². The molecule has 116 valence electrons. The molecular formula is C15H17N3O3S. The molecular weight excluding hydrogens is 302 g/mol. The molecule has 0 saturated heterocycles. The monoisotopic (exact) mass is 319 g/mol. The Morgan fingerprint density at radius 3 is 2.45 bits per heavy atom. The summed E-state index contributed by atoms with van der Waals surface area (Å²) >= 11 is 1.37. The molecule has 2 rings (SSSR count). The smallest absolute Gasteiger partial charge is 0.250 e. The summed E-state index contributed by atoms with van der Waals surface area (Å²) in [6, 6.07) is 5.39. The molecule has 0 bridgehead atoms. The van der Waals surface area contributed by atoms with E-state index in [4.69, 9.17) is 9.47 Å². The molecule has 0 atom stereocenters. The molecule has 0 saturated carbocycles. The van der Waals surface area contributed by atoms with E-state index in [2.05, 4.69) is 15.5 Å². The highest BCUT2D eigenvalue weighted by Gasteiger charge is 2.05. The van der Waals surface area contributed by atoms with Gasteiger partial charge in [-0.3, -0.25) is 10.1 Å². The molecule has 0 aliphatic rings. The molecule has 0 aliphatic carbocycles. The number of nitrogens with zero attached hydrogens (tertiary/aromatic N) is 2. The zero-order valence-corrected chi connectivity index (χ0v) is 13.4. The van der Waals surface area contributed by atoms with E-state index < -0.39 is 0 Å². The van der Waals surface area contributed by atoms with Gasteiger partial charge in [-0.15, -0.1) is 10.2 Å². The maximum Gasteiger partial charge on any atom is 0.250 e. The normalized spacial score (nSPS) is 10.7. The predicted molar refractivity (Wildman–Crippen MR) is 86.5 cm³/mol. The summed E-state index contributed by atoms with van der Waals surface area (Å²) in [6.07, 6.45) is 3.91. The van der Waals surface area contributed by atoms with Crippen molar-refractivity contribution in [2.75, 3.05) is 19.5 Å². The fourth-order valence-corrected chi connectivity index (χ4v) is 2.37. The van der Waals surface area contributed by atoms with Crippen LogP contribution in [-0.2, 0) is 11.2 Å². The molecule has 1 N–H and O–H groups in total. The lowest BCUT2D eigenvalue weighted by atomic mass is 10.2. The third-order valence-corrected chi connectivity index (χ3v) is 3.78. The number of methoxy groups -OCH3 is 2. The van der Waals surface area contributed by atoms with Crippen molar-refractivity contribution < 1.29 is 14.3 Å². The third-order valence-electron chi connectivity index (χ3n) is 2.80. The van der Waals surface area contributed by atoms with E-state index in [-0.39, 0.29) is 5.91 Å². The highest BCUT2D eigenvalue weighted by molar-refractivity contribution is 7.15. The lowest BCUT2D eigenvalue weighted by molar-refractivity contribution is -0.111. The predicted octanol–water partition coefficient (Wildman–Crippen LogP) is 2.77. The zero-order chi connectivity index (χ0) is 15.9. The lowest BCUT2D eigenvalue weighted by Gasteiger charge is -2.05. The molecule has 22 heavy (non-hydrogen) atoms. The van der Waals surface area contributed by atoms with E-state index in [0.29, 0.717) is 16.6 Å². The molecule has 2 aromatic rings. The Balaban J connectivity index is 2.05. The molecule has 7 heteroatoms. The molecule has 0 aliphatic heterocycles. The average Bonchev–Trinajstić information content (AvgIpc) is 3.00. The quantitative estimate of drug-likeness (QED) is 0.829. The van der Waals surface area contributed by atoms with Crippen molar-refractivity contribution in [1.82, 2.24) is 10.2 Å². The van der Waals surface area contributed by atoms with Gasteiger partial charge in [-0.1, -0.05) is 18.3 Å². The van der Waals surface area contributed by atoms with Gasteiger partial charge in [0, 0.05) is 12.1 Å². The second-order valence-corrected chi connectivity index (χ2v) is 5.39. The number of rotatable bonds is 6. The van der Waals surface area contributed by atoms with Gasteiger partial charge in [0.1, 0.15) is 16.5 Å². The minimum atomic E-state index is -0.263. The standard InChI is InChI=1S/C15H17N3O3S/c1-4-14-17-18-15(22-14)16-13(19)6-5-10-7-11(20-2)9-12(8-10)21-3/h5-9H,4H2,1-3H3,(H,16,18,19). The van der Waals surface area contributed by atoms with Gasteiger partial charge in [0.25, 0.3) is 0 Å². The van der Waals surface area contributed by atoms with Gasteiger partial charge in [-0.2, -0.15) is 0 Å². The number of carbonyl (C=O) groups excluding carboxylic acids is 1. The second kappa shape index (κ2) is 7.56. The van der Waals surface area contributed by atoms with Gasteiger partial charge >= 0.3 is 0 Å². The van der Waals surface area contributed by atoms with E-state index >= 15 is 0 Å². The van der Waals surface area contributed by atoms with Gasteiger partial charge in [-0.05, 0) is 30.2 Å². The topological polar surface area (TPSA) is 73.3 Å². The Kier molecular flexibility index (Phi) is 5.48. The Morgan fingerprint density at radius 1 is 1.23 bits per heavy atom. The Labute approximate surface area is 132 Å². The van der Waals surface area contributed by atoms with E-state index in [0.717, 1.165) is 17.0 Å². The molecule has 1 aromatic carbocycles. The SMILES string of the molecule is CCc1nnc(NC(=O)C=Cc2cc(OC)cc(OC)c2)s1. The number of hydrogen-bond acceptors (Lipinski definition) is 6. The maximum absolute atomic E-state index is 11.9. The molecule has 1 aromatic heterocycles. The third kappa shape index (κ3) is 4.29. The molecule has 0 radical (unpaired) electrons. The number of anilines is 1. The van der Waals surface area contributed by atoms with Crippen molar-refractivity contribution in [2.24, 2.45) is 0 Å². The van der Waals surface area contributed by atoms with Crippen LogP contribution in [0.5, 0.6) is 11.5 Å². The number of amides is 1. The van der Waals surface area contributed by atoms with E-state index in [9.17, 15) is 4.79 Å². The van der Waals surface area contributed by atoms with Crippen molar-refractivity contribution in [1.29, 1.82) is 0 Å². The molecule has 0 spiro atoms. The Morgan fingerprint density at radius 2 is 1.91 bits per heavy atom. The van der Waals surface area contributed by atoms with Crippen molar-refractivity contribution in [3.05, 3.63) is 34.8 Å². The van der Waals surface area contributed by atoms with Crippen LogP contribution in [0.2, 0.25) is 0 Å². The molecule has 1 heterocycles. The van der Waals surface area contributed by atoms with Gasteiger partial charge in [-0.25, -0.2) is 0 Å². The van der Waals surface area contributed by atoms with Crippen LogP contribution in [0.1, 0.15) is 17.5 Å². The lowest BCUT2D eigenvalue weighted by Crippen LogP contribution is -2.07. The fourth-order valence-electron chi connectivity index (χ4n) is 1.69. The van der Waals surface area contributed by atoms with Crippen molar-refractivity contribution in [3.63, 3.8) is 0 Å². The number of nitrogens with one attached hydrogen (secondary N) is 1. The highest BCUT2D eigenvalue weighted by Crippen LogP contribution is 2.23. The van der Waals surface area contributed by atoms with Crippen molar-refractivity contribution >= 4 is 28.5 Å². The van der Waals surface area contributed by atoms with E-state index in [1.54, 1.807) is 26.4 Å². The van der Waals surface area contributed by atoms with E-state index in [1.807, 2.05) is 19.1 Å². The first kappa shape index (κ1) is 16.0. The minimum Gasteiger partial charge on any atom is -0.497 e. The molecule has 6 nitrogen and oxygen atoms in total. The average molecular weight is 319 g/mol. The molecule has 1 amide bonds. The largest absolute Gasteiger partial charge is 0.497 e. The number of aryl methyl sites for hydroxylation is 1. The van der Waals surface area contributed by atoms with Crippen molar-refractivity contribution in [2.45, 2.75) is 13.3 Å². The molecule has 0 unspecified atom stereocenters. The summed E-state index contributed by atoms with van der Waals surface area (Å²) in [6.45, 7) is 1.99.